The molecule has 2 aliphatic heterocycles. The van der Waals surface area contributed by atoms with E-state index in [4.69, 9.17) is 9.72 Å². The number of likely N-dealkylation sites (tertiary alicyclic amines) is 1. The molecule has 2 amide bonds. The Morgan fingerprint density at radius 1 is 1.25 bits per heavy atom. The van der Waals surface area contributed by atoms with Crippen molar-refractivity contribution in [1.29, 1.82) is 0 Å². The third-order valence-corrected chi connectivity index (χ3v) is 5.51. The molecule has 28 heavy (non-hydrogen) atoms. The number of hydrogen-bond acceptors (Lipinski definition) is 5. The number of fused-ring (bicyclic) bond motifs is 1. The second-order valence-electron chi connectivity index (χ2n) is 7.28. The van der Waals surface area contributed by atoms with E-state index in [9.17, 15) is 9.59 Å². The zero-order valence-electron chi connectivity index (χ0n) is 16.2. The maximum Gasteiger partial charge on any atom is 0.254 e. The van der Waals surface area contributed by atoms with Gasteiger partial charge in [0.15, 0.2) is 5.82 Å². The van der Waals surface area contributed by atoms with Gasteiger partial charge in [0.25, 0.3) is 5.91 Å². The van der Waals surface area contributed by atoms with Gasteiger partial charge in [-0.25, -0.2) is 9.97 Å². The Labute approximate surface area is 164 Å². The van der Waals surface area contributed by atoms with Crippen molar-refractivity contribution in [1.82, 2.24) is 19.8 Å². The van der Waals surface area contributed by atoms with Crippen LogP contribution in [0.4, 0.5) is 0 Å². The third kappa shape index (κ3) is 3.44. The minimum atomic E-state index is -0.0285. The van der Waals surface area contributed by atoms with Crippen LogP contribution in [0.5, 0.6) is 5.75 Å². The van der Waals surface area contributed by atoms with Crippen molar-refractivity contribution >= 4 is 11.8 Å². The van der Waals surface area contributed by atoms with Crippen LogP contribution in [-0.4, -0.2) is 51.8 Å². The number of aromatic nitrogens is 2. The second-order valence-corrected chi connectivity index (χ2v) is 7.28. The number of rotatable bonds is 3. The number of hydrogen-bond donors (Lipinski definition) is 0. The zero-order valence-corrected chi connectivity index (χ0v) is 16.2. The topological polar surface area (TPSA) is 75.6 Å². The standard InChI is InChI=1S/C21H24N4O3/c1-14(26)25-9-4-7-19(25)20-22-12-16-13-24(10-8-18(16)23-20)21(27)15-5-3-6-17(11-15)28-2/h3,5-6,11-12,19H,4,7-10,13H2,1-2H3/t19-/m1/s1. The Balaban J connectivity index is 1.52. The number of carbonyl (C=O) groups excluding carboxylic acids is 2. The molecule has 2 aliphatic rings. The van der Waals surface area contributed by atoms with Crippen molar-refractivity contribution in [2.45, 2.75) is 38.8 Å². The van der Waals surface area contributed by atoms with Crippen LogP contribution in [-0.2, 0) is 17.8 Å². The highest BCUT2D eigenvalue weighted by Gasteiger charge is 2.31. The van der Waals surface area contributed by atoms with E-state index in [1.54, 1.807) is 26.2 Å². The first-order valence-electron chi connectivity index (χ1n) is 9.62. The first kappa shape index (κ1) is 18.4. The molecular formula is C21H24N4O3. The molecule has 0 saturated carbocycles. The lowest BCUT2D eigenvalue weighted by Crippen LogP contribution is -2.37. The monoisotopic (exact) mass is 380 g/mol. The minimum Gasteiger partial charge on any atom is -0.497 e. The number of benzene rings is 1. The Morgan fingerprint density at radius 3 is 2.89 bits per heavy atom. The minimum absolute atomic E-state index is 0.0211. The van der Waals surface area contributed by atoms with Crippen molar-refractivity contribution in [3.63, 3.8) is 0 Å². The second kappa shape index (κ2) is 7.58. The molecule has 7 nitrogen and oxygen atoms in total. The Hall–Kier alpha value is -2.96. The fourth-order valence-corrected chi connectivity index (χ4v) is 4.02. The third-order valence-electron chi connectivity index (χ3n) is 5.51. The average Bonchev–Trinajstić information content (AvgIpc) is 3.23. The predicted octanol–water partition coefficient (Wildman–Crippen LogP) is 2.37. The summed E-state index contributed by atoms with van der Waals surface area (Å²) in [4.78, 5) is 37.7. The van der Waals surface area contributed by atoms with Crippen LogP contribution >= 0.6 is 0 Å². The summed E-state index contributed by atoms with van der Waals surface area (Å²) < 4.78 is 5.22. The average molecular weight is 380 g/mol. The van der Waals surface area contributed by atoms with Crippen molar-refractivity contribution in [3.05, 3.63) is 53.1 Å². The van der Waals surface area contributed by atoms with Gasteiger partial charge >= 0.3 is 0 Å². The largest absolute Gasteiger partial charge is 0.497 e. The first-order valence-corrected chi connectivity index (χ1v) is 9.62. The molecule has 0 aliphatic carbocycles. The number of amides is 2. The van der Waals surface area contributed by atoms with E-state index >= 15 is 0 Å². The maximum absolute atomic E-state index is 12.9. The first-order chi connectivity index (χ1) is 13.6. The van der Waals surface area contributed by atoms with Crippen LogP contribution in [0, 0.1) is 0 Å². The van der Waals surface area contributed by atoms with Gasteiger partial charge in [-0.1, -0.05) is 6.07 Å². The van der Waals surface area contributed by atoms with Gasteiger partial charge in [-0.2, -0.15) is 0 Å². The molecule has 1 atom stereocenters. The van der Waals surface area contributed by atoms with Gasteiger partial charge in [-0.05, 0) is 31.0 Å². The van der Waals surface area contributed by atoms with Gasteiger partial charge in [-0.3, -0.25) is 9.59 Å². The molecule has 3 heterocycles. The fraction of sp³-hybridized carbons (Fsp3) is 0.429. The summed E-state index contributed by atoms with van der Waals surface area (Å²) in [5.74, 6) is 1.44. The molecule has 1 aromatic carbocycles. The molecule has 1 fully saturated rings. The van der Waals surface area contributed by atoms with Crippen molar-refractivity contribution < 1.29 is 14.3 Å². The highest BCUT2D eigenvalue weighted by molar-refractivity contribution is 5.94. The van der Waals surface area contributed by atoms with Gasteiger partial charge in [0.05, 0.1) is 18.8 Å². The van der Waals surface area contributed by atoms with Crippen LogP contribution < -0.4 is 4.74 Å². The lowest BCUT2D eigenvalue weighted by Gasteiger charge is -2.29. The smallest absolute Gasteiger partial charge is 0.254 e. The van der Waals surface area contributed by atoms with E-state index < -0.39 is 0 Å². The number of nitrogens with zero attached hydrogens (tertiary/aromatic N) is 4. The molecule has 0 bridgehead atoms. The molecule has 1 saturated heterocycles. The van der Waals surface area contributed by atoms with Crippen molar-refractivity contribution in [3.8, 4) is 5.75 Å². The molecular weight excluding hydrogens is 356 g/mol. The van der Waals surface area contributed by atoms with Gasteiger partial charge in [0, 0.05) is 50.3 Å². The van der Waals surface area contributed by atoms with Crippen LogP contribution in [0.1, 0.15) is 53.2 Å². The Kier molecular flexibility index (Phi) is 4.98. The number of ether oxygens (including phenoxy) is 1. The Morgan fingerprint density at radius 2 is 2.11 bits per heavy atom. The van der Waals surface area contributed by atoms with Gasteiger partial charge in [-0.15, -0.1) is 0 Å². The highest BCUT2D eigenvalue weighted by atomic mass is 16.5. The molecule has 0 radical (unpaired) electrons. The van der Waals surface area contributed by atoms with Gasteiger partial charge < -0.3 is 14.5 Å². The molecule has 0 unspecified atom stereocenters. The van der Waals surface area contributed by atoms with E-state index in [-0.39, 0.29) is 17.9 Å². The quantitative estimate of drug-likeness (QED) is 0.817. The summed E-state index contributed by atoms with van der Waals surface area (Å²) in [7, 11) is 1.59. The van der Waals surface area contributed by atoms with Crippen molar-refractivity contribution in [2.24, 2.45) is 0 Å². The molecule has 0 N–H and O–H groups in total. The van der Waals surface area contributed by atoms with Crippen LogP contribution in [0.25, 0.3) is 0 Å². The molecule has 1 aromatic heterocycles. The molecule has 7 heteroatoms. The van der Waals surface area contributed by atoms with Crippen LogP contribution in [0.2, 0.25) is 0 Å². The Bertz CT molecular complexity index is 914. The summed E-state index contributed by atoms with van der Waals surface area (Å²) in [6.07, 6.45) is 4.39. The lowest BCUT2D eigenvalue weighted by molar-refractivity contribution is -0.129. The van der Waals surface area contributed by atoms with E-state index in [0.717, 1.165) is 36.5 Å². The molecule has 0 spiro atoms. The summed E-state index contributed by atoms with van der Waals surface area (Å²) in [5, 5.41) is 0. The highest BCUT2D eigenvalue weighted by Crippen LogP contribution is 2.31. The van der Waals surface area contributed by atoms with Gasteiger partial charge in [0.2, 0.25) is 5.91 Å². The zero-order chi connectivity index (χ0) is 19.7. The van der Waals surface area contributed by atoms with Crippen molar-refractivity contribution in [2.75, 3.05) is 20.2 Å². The fourth-order valence-electron chi connectivity index (χ4n) is 4.02. The molecule has 2 aromatic rings. The predicted molar refractivity (Wildman–Crippen MR) is 103 cm³/mol. The summed E-state index contributed by atoms with van der Waals surface area (Å²) in [6.45, 7) is 3.47. The van der Waals surface area contributed by atoms with Crippen LogP contribution in [0.3, 0.4) is 0 Å². The summed E-state index contributed by atoms with van der Waals surface area (Å²) in [6, 6.07) is 7.18. The molecule has 146 valence electrons. The molecule has 4 rings (SSSR count). The maximum atomic E-state index is 12.9. The summed E-state index contributed by atoms with van der Waals surface area (Å²) >= 11 is 0. The van der Waals surface area contributed by atoms with Gasteiger partial charge in [0.1, 0.15) is 5.75 Å². The lowest BCUT2D eigenvalue weighted by atomic mass is 10.0. The number of carbonyl (C=O) groups is 2. The SMILES string of the molecule is COc1cccc(C(=O)N2CCc3nc([C@H]4CCCN4C(C)=O)ncc3C2)c1. The van der Waals surface area contributed by atoms with Crippen LogP contribution in [0.15, 0.2) is 30.5 Å². The normalized spacial score (nSPS) is 18.7. The van der Waals surface area contributed by atoms with E-state index in [0.29, 0.717) is 30.8 Å². The number of methoxy groups -OCH3 is 1. The van der Waals surface area contributed by atoms with E-state index in [1.165, 1.54) is 0 Å². The van der Waals surface area contributed by atoms with E-state index in [2.05, 4.69) is 4.98 Å². The summed E-state index contributed by atoms with van der Waals surface area (Å²) in [5.41, 5.74) is 2.57. The van der Waals surface area contributed by atoms with E-state index in [1.807, 2.05) is 28.1 Å².